The summed E-state index contributed by atoms with van der Waals surface area (Å²) in [4.78, 5) is 0. The van der Waals surface area contributed by atoms with E-state index in [0.717, 1.165) is 23.2 Å². The summed E-state index contributed by atoms with van der Waals surface area (Å²) >= 11 is 0. The van der Waals surface area contributed by atoms with E-state index < -0.39 is 0 Å². The number of hydrogen-bond acceptors (Lipinski definition) is 0. The van der Waals surface area contributed by atoms with Crippen LogP contribution in [0.25, 0.3) is 0 Å². The van der Waals surface area contributed by atoms with Gasteiger partial charge in [-0.15, -0.1) is 0 Å². The Morgan fingerprint density at radius 1 is 1.20 bits per heavy atom. The van der Waals surface area contributed by atoms with E-state index in [1.807, 2.05) is 0 Å². The maximum atomic E-state index is 2.49. The van der Waals surface area contributed by atoms with Gasteiger partial charge >= 0.3 is 0 Å². The zero-order valence-corrected chi connectivity index (χ0v) is 10.9. The fraction of sp³-hybridized carbons (Fsp3) is 1.00. The van der Waals surface area contributed by atoms with Gasteiger partial charge in [-0.05, 0) is 61.7 Å². The van der Waals surface area contributed by atoms with Crippen LogP contribution in [0.4, 0.5) is 0 Å². The first-order chi connectivity index (χ1) is 7.19. The van der Waals surface area contributed by atoms with Crippen molar-refractivity contribution in [3.05, 3.63) is 0 Å². The van der Waals surface area contributed by atoms with Crippen molar-refractivity contribution < 1.29 is 0 Å². The molecule has 0 aliphatic heterocycles. The number of rotatable bonds is 6. The first-order valence-electron chi connectivity index (χ1n) is 7.19. The lowest BCUT2D eigenvalue weighted by Crippen LogP contribution is -2.37. The van der Waals surface area contributed by atoms with Crippen LogP contribution < -0.4 is 0 Å². The van der Waals surface area contributed by atoms with Gasteiger partial charge in [-0.1, -0.05) is 33.6 Å². The first kappa shape index (κ1) is 11.5. The Morgan fingerprint density at radius 2 is 1.87 bits per heavy atom. The van der Waals surface area contributed by atoms with E-state index in [0.29, 0.717) is 0 Å². The molecule has 1 atom stereocenters. The van der Waals surface area contributed by atoms with Crippen LogP contribution in [0.15, 0.2) is 0 Å². The topological polar surface area (TPSA) is 0 Å². The van der Waals surface area contributed by atoms with E-state index in [1.165, 1.54) is 38.5 Å². The van der Waals surface area contributed by atoms with Crippen LogP contribution in [0.2, 0.25) is 0 Å². The maximum absolute atomic E-state index is 2.49. The quantitative estimate of drug-likeness (QED) is 0.574. The van der Waals surface area contributed by atoms with Gasteiger partial charge in [0.1, 0.15) is 0 Å². The van der Waals surface area contributed by atoms with E-state index >= 15 is 0 Å². The molecule has 2 aliphatic carbocycles. The second kappa shape index (κ2) is 4.47. The summed E-state index contributed by atoms with van der Waals surface area (Å²) in [6.07, 6.45) is 12.0. The molecule has 0 spiro atoms. The fourth-order valence-corrected chi connectivity index (χ4v) is 3.92. The summed E-state index contributed by atoms with van der Waals surface area (Å²) in [7, 11) is 0. The van der Waals surface area contributed by atoms with Gasteiger partial charge in [0.25, 0.3) is 0 Å². The van der Waals surface area contributed by atoms with Crippen molar-refractivity contribution in [2.75, 3.05) is 0 Å². The van der Waals surface area contributed by atoms with Crippen LogP contribution in [0, 0.1) is 23.2 Å². The van der Waals surface area contributed by atoms with Crippen molar-refractivity contribution in [1.29, 1.82) is 0 Å². The minimum Gasteiger partial charge on any atom is -0.0654 e. The van der Waals surface area contributed by atoms with Gasteiger partial charge in [0, 0.05) is 0 Å². The first-order valence-corrected chi connectivity index (χ1v) is 7.19. The van der Waals surface area contributed by atoms with Gasteiger partial charge in [-0.2, -0.15) is 0 Å². The zero-order chi connectivity index (χ0) is 10.9. The van der Waals surface area contributed by atoms with Crippen molar-refractivity contribution in [3.63, 3.8) is 0 Å². The molecule has 2 rings (SSSR count). The minimum absolute atomic E-state index is 0.780. The molecular weight excluding hydrogens is 180 g/mol. The van der Waals surface area contributed by atoms with Crippen molar-refractivity contribution >= 4 is 0 Å². The van der Waals surface area contributed by atoms with Gasteiger partial charge in [-0.3, -0.25) is 0 Å². The summed E-state index contributed by atoms with van der Waals surface area (Å²) in [5.74, 6) is 3.24. The van der Waals surface area contributed by atoms with E-state index in [1.54, 1.807) is 12.8 Å². The molecule has 1 unspecified atom stereocenters. The van der Waals surface area contributed by atoms with E-state index in [4.69, 9.17) is 0 Å². The molecule has 0 radical (unpaired) electrons. The molecule has 88 valence electrons. The molecule has 0 aromatic carbocycles. The summed E-state index contributed by atoms with van der Waals surface area (Å²) in [6, 6.07) is 0. The van der Waals surface area contributed by atoms with Gasteiger partial charge < -0.3 is 0 Å². The number of hydrogen-bond donors (Lipinski definition) is 0. The second-order valence-corrected chi connectivity index (χ2v) is 6.43. The Kier molecular flexibility index (Phi) is 3.42. The lowest BCUT2D eigenvalue weighted by atomic mass is 9.57. The molecule has 2 fully saturated rings. The summed E-state index contributed by atoms with van der Waals surface area (Å²) in [6.45, 7) is 7.23. The third-order valence-electron chi connectivity index (χ3n) is 5.11. The Hall–Kier alpha value is 0. The van der Waals surface area contributed by atoms with Gasteiger partial charge in [-0.25, -0.2) is 0 Å². The Labute approximate surface area is 95.8 Å². The minimum atomic E-state index is 0.780. The molecule has 0 aromatic heterocycles. The summed E-state index contributed by atoms with van der Waals surface area (Å²) in [5, 5.41) is 0. The third-order valence-corrected chi connectivity index (χ3v) is 5.11. The Bertz CT molecular complexity index is 196. The molecule has 0 N–H and O–H groups in total. The molecule has 15 heavy (non-hydrogen) atoms. The highest BCUT2D eigenvalue weighted by atomic mass is 14.5. The SMILES string of the molecule is CCCC1(CC)CC(CC(C)C2CC2)C1. The molecule has 0 heteroatoms. The molecule has 0 aromatic rings. The highest BCUT2D eigenvalue weighted by Crippen LogP contribution is 2.54. The highest BCUT2D eigenvalue weighted by Gasteiger charge is 2.43. The molecule has 0 heterocycles. The monoisotopic (exact) mass is 208 g/mol. The van der Waals surface area contributed by atoms with Crippen molar-refractivity contribution in [2.45, 2.75) is 72.1 Å². The molecule has 0 saturated heterocycles. The van der Waals surface area contributed by atoms with Gasteiger partial charge in [0.05, 0.1) is 0 Å². The van der Waals surface area contributed by atoms with Crippen LogP contribution in [0.3, 0.4) is 0 Å². The molecule has 0 nitrogen and oxygen atoms in total. The standard InChI is InChI=1S/C15H28/c1-4-8-15(5-2)10-13(11-15)9-12(3)14-6-7-14/h12-14H,4-11H2,1-3H3. The van der Waals surface area contributed by atoms with E-state index in [2.05, 4.69) is 20.8 Å². The van der Waals surface area contributed by atoms with E-state index in [9.17, 15) is 0 Å². The van der Waals surface area contributed by atoms with Crippen LogP contribution >= 0.6 is 0 Å². The lowest BCUT2D eigenvalue weighted by molar-refractivity contribution is 0.0247. The predicted octanol–water partition coefficient (Wildman–Crippen LogP) is 5.03. The average Bonchev–Trinajstić information content (AvgIpc) is 2.97. The molecule has 0 amide bonds. The summed E-state index contributed by atoms with van der Waals surface area (Å²) in [5.41, 5.74) is 0.780. The summed E-state index contributed by atoms with van der Waals surface area (Å²) < 4.78 is 0. The largest absolute Gasteiger partial charge is 0.0654 e. The van der Waals surface area contributed by atoms with Crippen molar-refractivity contribution in [1.82, 2.24) is 0 Å². The predicted molar refractivity (Wildman–Crippen MR) is 66.9 cm³/mol. The van der Waals surface area contributed by atoms with Crippen LogP contribution in [-0.2, 0) is 0 Å². The van der Waals surface area contributed by atoms with Crippen LogP contribution in [-0.4, -0.2) is 0 Å². The smallest absolute Gasteiger partial charge is 0.0295 e. The zero-order valence-electron chi connectivity index (χ0n) is 10.9. The second-order valence-electron chi connectivity index (χ2n) is 6.43. The average molecular weight is 208 g/mol. The fourth-order valence-electron chi connectivity index (χ4n) is 3.92. The third kappa shape index (κ3) is 2.57. The van der Waals surface area contributed by atoms with Gasteiger partial charge in [0.2, 0.25) is 0 Å². The molecule has 0 bridgehead atoms. The van der Waals surface area contributed by atoms with Crippen LogP contribution in [0.5, 0.6) is 0 Å². The molecule has 2 aliphatic rings. The lowest BCUT2D eigenvalue weighted by Gasteiger charge is -2.49. The van der Waals surface area contributed by atoms with Crippen LogP contribution in [0.1, 0.15) is 72.1 Å². The normalized spacial score (nSPS) is 37.4. The van der Waals surface area contributed by atoms with E-state index in [-0.39, 0.29) is 0 Å². The molecular formula is C15H28. The molecule has 2 saturated carbocycles. The Balaban J connectivity index is 1.71. The van der Waals surface area contributed by atoms with Gasteiger partial charge in [0.15, 0.2) is 0 Å². The maximum Gasteiger partial charge on any atom is -0.0295 e. The van der Waals surface area contributed by atoms with Crippen molar-refractivity contribution in [2.24, 2.45) is 23.2 Å². The Morgan fingerprint density at radius 3 is 2.33 bits per heavy atom. The van der Waals surface area contributed by atoms with Crippen molar-refractivity contribution in [3.8, 4) is 0 Å². The highest BCUT2D eigenvalue weighted by molar-refractivity contribution is 4.94.